The Bertz CT molecular complexity index is 165. The second-order valence-corrected chi connectivity index (χ2v) is 3.17. The predicted molar refractivity (Wildman–Crippen MR) is 39.4 cm³/mol. The maximum absolute atomic E-state index is 5.70. The van der Waals surface area contributed by atoms with E-state index >= 15 is 0 Å². The van der Waals surface area contributed by atoms with Crippen LogP contribution < -0.4 is 5.73 Å². The van der Waals surface area contributed by atoms with Crippen molar-refractivity contribution in [1.82, 2.24) is 0 Å². The van der Waals surface area contributed by atoms with Crippen molar-refractivity contribution in [2.45, 2.75) is 25.3 Å². The summed E-state index contributed by atoms with van der Waals surface area (Å²) in [5, 5.41) is 0. The molecule has 2 aliphatic rings. The van der Waals surface area contributed by atoms with Crippen molar-refractivity contribution in [2.24, 2.45) is 11.7 Å². The first-order valence-corrected chi connectivity index (χ1v) is 3.94. The van der Waals surface area contributed by atoms with Gasteiger partial charge in [0.25, 0.3) is 0 Å². The van der Waals surface area contributed by atoms with Crippen LogP contribution in [0.15, 0.2) is 11.8 Å². The fourth-order valence-corrected chi connectivity index (χ4v) is 1.50. The number of ether oxygens (including phenoxy) is 1. The Morgan fingerprint density at radius 2 is 2.40 bits per heavy atom. The summed E-state index contributed by atoms with van der Waals surface area (Å²) in [4.78, 5) is 0. The smallest absolute Gasteiger partial charge is 0.0876 e. The molecule has 1 saturated carbocycles. The maximum atomic E-state index is 5.70. The van der Waals surface area contributed by atoms with Crippen molar-refractivity contribution in [3.63, 3.8) is 0 Å². The highest BCUT2D eigenvalue weighted by molar-refractivity contribution is 5.17. The van der Waals surface area contributed by atoms with Crippen LogP contribution in [-0.2, 0) is 4.74 Å². The minimum absolute atomic E-state index is 0.438. The molecular formula is C8H13NO. The molecule has 0 aromatic rings. The molecule has 2 N–H and O–H groups in total. The zero-order valence-electron chi connectivity index (χ0n) is 6.05. The first kappa shape index (κ1) is 6.23. The molecule has 0 bridgehead atoms. The Kier molecular flexibility index (Phi) is 1.42. The lowest BCUT2D eigenvalue weighted by Gasteiger charge is -2.12. The van der Waals surface area contributed by atoms with Gasteiger partial charge >= 0.3 is 0 Å². The molecule has 0 unspecified atom stereocenters. The second-order valence-electron chi connectivity index (χ2n) is 3.17. The van der Waals surface area contributed by atoms with E-state index in [1.807, 2.05) is 6.26 Å². The minimum atomic E-state index is 0.438. The van der Waals surface area contributed by atoms with Gasteiger partial charge in [0.05, 0.1) is 12.9 Å². The quantitative estimate of drug-likeness (QED) is 0.589. The minimum Gasteiger partial charge on any atom is -0.501 e. The molecule has 0 aromatic heterocycles. The lowest BCUT2D eigenvalue weighted by atomic mass is 10.1. The summed E-state index contributed by atoms with van der Waals surface area (Å²) in [7, 11) is 0. The lowest BCUT2D eigenvalue weighted by molar-refractivity contribution is 0.222. The summed E-state index contributed by atoms with van der Waals surface area (Å²) in [5.41, 5.74) is 7.14. The van der Waals surface area contributed by atoms with Crippen LogP contribution in [0.25, 0.3) is 0 Å². The van der Waals surface area contributed by atoms with Gasteiger partial charge < -0.3 is 10.5 Å². The van der Waals surface area contributed by atoms with Crippen molar-refractivity contribution >= 4 is 0 Å². The summed E-state index contributed by atoms with van der Waals surface area (Å²) in [6.45, 7) is 0.894. The van der Waals surface area contributed by atoms with E-state index in [4.69, 9.17) is 10.5 Å². The van der Waals surface area contributed by atoms with E-state index in [0.717, 1.165) is 6.61 Å². The Labute approximate surface area is 61.0 Å². The highest BCUT2D eigenvalue weighted by Gasteiger charge is 2.36. The summed E-state index contributed by atoms with van der Waals surface area (Å²) in [5.74, 6) is 0.667. The summed E-state index contributed by atoms with van der Waals surface area (Å²) >= 11 is 0. The Hall–Kier alpha value is -0.500. The van der Waals surface area contributed by atoms with E-state index in [2.05, 4.69) is 0 Å². The summed E-state index contributed by atoms with van der Waals surface area (Å²) < 4.78 is 5.21. The SMILES string of the molecule is N[C@@H]1C[C@H]1C1=COCCC1. The molecule has 0 amide bonds. The van der Waals surface area contributed by atoms with Crippen molar-refractivity contribution < 1.29 is 4.74 Å². The third kappa shape index (κ3) is 1.03. The molecule has 2 heteroatoms. The van der Waals surface area contributed by atoms with Crippen LogP contribution in [0.3, 0.4) is 0 Å². The predicted octanol–water partition coefficient (Wildman–Crippen LogP) is 1.03. The number of hydrogen-bond donors (Lipinski definition) is 1. The van der Waals surface area contributed by atoms with Crippen LogP contribution in [0, 0.1) is 5.92 Å². The number of nitrogens with two attached hydrogens (primary N) is 1. The third-order valence-corrected chi connectivity index (χ3v) is 2.28. The van der Waals surface area contributed by atoms with Crippen molar-refractivity contribution in [3.8, 4) is 0 Å². The van der Waals surface area contributed by atoms with Gasteiger partial charge in [-0.3, -0.25) is 0 Å². The van der Waals surface area contributed by atoms with Gasteiger partial charge in [0.2, 0.25) is 0 Å². The Morgan fingerprint density at radius 1 is 1.60 bits per heavy atom. The molecule has 0 aromatic carbocycles. The van der Waals surface area contributed by atoms with Gasteiger partial charge in [-0.15, -0.1) is 0 Å². The highest BCUT2D eigenvalue weighted by atomic mass is 16.5. The van der Waals surface area contributed by atoms with Crippen LogP contribution in [0.4, 0.5) is 0 Å². The van der Waals surface area contributed by atoms with Gasteiger partial charge in [0.15, 0.2) is 0 Å². The third-order valence-electron chi connectivity index (χ3n) is 2.28. The standard InChI is InChI=1S/C8H13NO/c9-8-4-7(8)6-2-1-3-10-5-6/h5,7-8H,1-4,9H2/t7-,8+/m0/s1. The maximum Gasteiger partial charge on any atom is 0.0876 e. The van der Waals surface area contributed by atoms with Gasteiger partial charge in [-0.05, 0) is 30.8 Å². The molecule has 0 saturated heterocycles. The summed E-state index contributed by atoms with van der Waals surface area (Å²) in [6.07, 6.45) is 5.48. The number of rotatable bonds is 1. The molecule has 0 radical (unpaired) electrons. The monoisotopic (exact) mass is 139 g/mol. The largest absolute Gasteiger partial charge is 0.501 e. The van der Waals surface area contributed by atoms with E-state index in [1.165, 1.54) is 24.8 Å². The molecule has 1 heterocycles. The van der Waals surface area contributed by atoms with Crippen LogP contribution in [0.5, 0.6) is 0 Å². The molecule has 2 atom stereocenters. The molecular weight excluding hydrogens is 126 g/mol. The van der Waals surface area contributed by atoms with Gasteiger partial charge in [0, 0.05) is 6.04 Å². The van der Waals surface area contributed by atoms with Crippen LogP contribution in [0.1, 0.15) is 19.3 Å². The average molecular weight is 139 g/mol. The normalized spacial score (nSPS) is 38.3. The fraction of sp³-hybridized carbons (Fsp3) is 0.750. The van der Waals surface area contributed by atoms with Gasteiger partial charge in [-0.25, -0.2) is 0 Å². The van der Waals surface area contributed by atoms with Crippen molar-refractivity contribution in [1.29, 1.82) is 0 Å². The Balaban J connectivity index is 1.97. The first-order valence-electron chi connectivity index (χ1n) is 3.94. The van der Waals surface area contributed by atoms with Crippen molar-refractivity contribution in [2.75, 3.05) is 6.61 Å². The lowest BCUT2D eigenvalue weighted by Crippen LogP contribution is -2.07. The molecule has 2 rings (SSSR count). The van der Waals surface area contributed by atoms with E-state index < -0.39 is 0 Å². The average Bonchev–Trinajstić information content (AvgIpc) is 2.69. The molecule has 10 heavy (non-hydrogen) atoms. The van der Waals surface area contributed by atoms with Gasteiger partial charge in [0.1, 0.15) is 0 Å². The topological polar surface area (TPSA) is 35.2 Å². The summed E-state index contributed by atoms with van der Waals surface area (Å²) in [6, 6.07) is 0.438. The van der Waals surface area contributed by atoms with E-state index in [1.54, 1.807) is 0 Å². The van der Waals surface area contributed by atoms with E-state index in [0.29, 0.717) is 12.0 Å². The highest BCUT2D eigenvalue weighted by Crippen LogP contribution is 2.38. The van der Waals surface area contributed by atoms with E-state index in [9.17, 15) is 0 Å². The van der Waals surface area contributed by atoms with Crippen LogP contribution in [0.2, 0.25) is 0 Å². The fourth-order valence-electron chi connectivity index (χ4n) is 1.50. The molecule has 0 spiro atoms. The zero-order chi connectivity index (χ0) is 6.97. The van der Waals surface area contributed by atoms with E-state index in [-0.39, 0.29) is 0 Å². The van der Waals surface area contributed by atoms with Gasteiger partial charge in [-0.2, -0.15) is 0 Å². The van der Waals surface area contributed by atoms with Gasteiger partial charge in [-0.1, -0.05) is 0 Å². The van der Waals surface area contributed by atoms with Crippen molar-refractivity contribution in [3.05, 3.63) is 11.8 Å². The molecule has 1 fully saturated rings. The molecule has 1 aliphatic heterocycles. The van der Waals surface area contributed by atoms with Crippen LogP contribution >= 0.6 is 0 Å². The molecule has 2 nitrogen and oxygen atoms in total. The zero-order valence-corrected chi connectivity index (χ0v) is 6.05. The molecule has 1 aliphatic carbocycles. The molecule has 56 valence electrons. The van der Waals surface area contributed by atoms with Crippen LogP contribution in [-0.4, -0.2) is 12.6 Å². The Morgan fingerprint density at radius 3 is 2.90 bits per heavy atom. The number of hydrogen-bond acceptors (Lipinski definition) is 2. The first-order chi connectivity index (χ1) is 4.88. The second kappa shape index (κ2) is 2.27.